The first kappa shape index (κ1) is 16.2. The third-order valence-corrected chi connectivity index (χ3v) is 4.25. The van der Waals surface area contributed by atoms with E-state index in [9.17, 15) is 9.90 Å². The predicted molar refractivity (Wildman–Crippen MR) is 84.7 cm³/mol. The first-order chi connectivity index (χ1) is 10.0. The first-order valence-electron chi connectivity index (χ1n) is 6.35. The summed E-state index contributed by atoms with van der Waals surface area (Å²) < 4.78 is 0. The molecule has 2 aromatic rings. The van der Waals surface area contributed by atoms with Crippen LogP contribution in [0, 0.1) is 0 Å². The number of amides is 1. The van der Waals surface area contributed by atoms with Crippen molar-refractivity contribution in [2.75, 3.05) is 0 Å². The van der Waals surface area contributed by atoms with Gasteiger partial charge < -0.3 is 10.4 Å². The van der Waals surface area contributed by atoms with Crippen LogP contribution in [0.4, 0.5) is 0 Å². The van der Waals surface area contributed by atoms with Crippen LogP contribution in [0.15, 0.2) is 29.8 Å². The number of nitrogens with one attached hydrogen (secondary N) is 1. The van der Waals surface area contributed by atoms with Crippen molar-refractivity contribution in [3.05, 3.63) is 50.4 Å². The van der Waals surface area contributed by atoms with E-state index in [2.05, 4.69) is 10.3 Å². The van der Waals surface area contributed by atoms with Crippen LogP contribution in [0.1, 0.15) is 36.1 Å². The standard InChI is InChI=1S/C14H14Cl2N2O2S/c1-2-11(14-17-3-4-21-14)18-13(20)12(19)8-5-9(15)7-10(16)6-8/h3-7,11-12,19H,2H2,1H3,(H,18,20). The minimum absolute atomic E-state index is 0.221. The summed E-state index contributed by atoms with van der Waals surface area (Å²) in [5.74, 6) is -0.504. The number of nitrogens with zero attached hydrogens (tertiary/aromatic N) is 1. The Morgan fingerprint density at radius 1 is 1.38 bits per heavy atom. The molecule has 1 aromatic heterocycles. The van der Waals surface area contributed by atoms with E-state index in [4.69, 9.17) is 23.2 Å². The molecule has 0 spiro atoms. The van der Waals surface area contributed by atoms with Gasteiger partial charge in [0, 0.05) is 21.6 Å². The Morgan fingerprint density at radius 2 is 2.05 bits per heavy atom. The highest BCUT2D eigenvalue weighted by Gasteiger charge is 2.22. The van der Waals surface area contributed by atoms with E-state index in [1.54, 1.807) is 12.3 Å². The average molecular weight is 345 g/mol. The predicted octanol–water partition coefficient (Wildman–Crippen LogP) is 3.75. The molecule has 0 aliphatic rings. The minimum Gasteiger partial charge on any atom is -0.378 e. The molecule has 4 nitrogen and oxygen atoms in total. The van der Waals surface area contributed by atoms with Gasteiger partial charge in [0.05, 0.1) is 6.04 Å². The molecule has 2 atom stereocenters. The third kappa shape index (κ3) is 4.17. The maximum atomic E-state index is 12.2. The van der Waals surface area contributed by atoms with Gasteiger partial charge in [-0.3, -0.25) is 4.79 Å². The Kier molecular flexibility index (Phi) is 5.58. The van der Waals surface area contributed by atoms with Gasteiger partial charge in [-0.25, -0.2) is 4.98 Å². The number of aliphatic hydroxyl groups excluding tert-OH is 1. The zero-order valence-corrected chi connectivity index (χ0v) is 13.5. The van der Waals surface area contributed by atoms with Crippen LogP contribution in [0.3, 0.4) is 0 Å². The average Bonchev–Trinajstić information content (AvgIpc) is 2.96. The summed E-state index contributed by atoms with van der Waals surface area (Å²) in [6, 6.07) is 4.35. The lowest BCUT2D eigenvalue weighted by Gasteiger charge is -2.18. The highest BCUT2D eigenvalue weighted by atomic mass is 35.5. The van der Waals surface area contributed by atoms with Crippen LogP contribution in [-0.4, -0.2) is 16.0 Å². The van der Waals surface area contributed by atoms with Gasteiger partial charge in [0.15, 0.2) is 6.10 Å². The van der Waals surface area contributed by atoms with Gasteiger partial charge in [0.2, 0.25) is 0 Å². The Balaban J connectivity index is 2.11. The molecule has 1 heterocycles. The quantitative estimate of drug-likeness (QED) is 0.868. The van der Waals surface area contributed by atoms with Crippen molar-refractivity contribution >= 4 is 40.4 Å². The van der Waals surface area contributed by atoms with Crippen molar-refractivity contribution in [3.63, 3.8) is 0 Å². The number of carbonyl (C=O) groups excluding carboxylic acids is 1. The van der Waals surface area contributed by atoms with Gasteiger partial charge in [-0.1, -0.05) is 30.1 Å². The zero-order valence-electron chi connectivity index (χ0n) is 11.2. The van der Waals surface area contributed by atoms with Crippen LogP contribution in [0.25, 0.3) is 0 Å². The summed E-state index contributed by atoms with van der Waals surface area (Å²) in [7, 11) is 0. The number of benzene rings is 1. The highest BCUT2D eigenvalue weighted by Crippen LogP contribution is 2.25. The van der Waals surface area contributed by atoms with Crippen molar-refractivity contribution in [1.29, 1.82) is 0 Å². The fraction of sp³-hybridized carbons (Fsp3) is 0.286. The van der Waals surface area contributed by atoms with E-state index in [-0.39, 0.29) is 6.04 Å². The van der Waals surface area contributed by atoms with Gasteiger partial charge >= 0.3 is 0 Å². The van der Waals surface area contributed by atoms with Crippen LogP contribution in [-0.2, 0) is 4.79 Å². The van der Waals surface area contributed by atoms with Crippen molar-refractivity contribution in [3.8, 4) is 0 Å². The Morgan fingerprint density at radius 3 is 2.57 bits per heavy atom. The van der Waals surface area contributed by atoms with Crippen molar-refractivity contribution in [1.82, 2.24) is 10.3 Å². The number of halogens is 2. The van der Waals surface area contributed by atoms with Crippen LogP contribution >= 0.6 is 34.5 Å². The Hall–Kier alpha value is -1.14. The van der Waals surface area contributed by atoms with E-state index in [1.165, 1.54) is 23.5 Å². The van der Waals surface area contributed by atoms with Crippen LogP contribution in [0.2, 0.25) is 10.0 Å². The molecule has 0 saturated heterocycles. The monoisotopic (exact) mass is 344 g/mol. The molecule has 0 bridgehead atoms. The van der Waals surface area contributed by atoms with Crippen molar-refractivity contribution in [2.45, 2.75) is 25.5 Å². The molecule has 0 aliphatic heterocycles. The highest BCUT2D eigenvalue weighted by molar-refractivity contribution is 7.09. The van der Waals surface area contributed by atoms with Crippen molar-refractivity contribution in [2.24, 2.45) is 0 Å². The van der Waals surface area contributed by atoms with Gasteiger partial charge in [-0.2, -0.15) is 0 Å². The summed E-state index contributed by atoms with van der Waals surface area (Å²) in [6.07, 6.45) is 1.04. The summed E-state index contributed by atoms with van der Waals surface area (Å²) >= 11 is 13.2. The maximum absolute atomic E-state index is 12.2. The van der Waals surface area contributed by atoms with Gasteiger partial charge in [0.1, 0.15) is 5.01 Å². The van der Waals surface area contributed by atoms with E-state index in [1.807, 2.05) is 12.3 Å². The summed E-state index contributed by atoms with van der Waals surface area (Å²) in [6.45, 7) is 1.94. The summed E-state index contributed by atoms with van der Waals surface area (Å²) in [5.41, 5.74) is 0.360. The molecule has 112 valence electrons. The molecular formula is C14H14Cl2N2O2S. The number of aromatic nitrogens is 1. The van der Waals surface area contributed by atoms with E-state index < -0.39 is 12.0 Å². The van der Waals surface area contributed by atoms with E-state index in [0.717, 1.165) is 5.01 Å². The van der Waals surface area contributed by atoms with Crippen molar-refractivity contribution < 1.29 is 9.90 Å². The number of hydrogen-bond acceptors (Lipinski definition) is 4. The SMILES string of the molecule is CCC(NC(=O)C(O)c1cc(Cl)cc(Cl)c1)c1nccs1. The molecule has 7 heteroatoms. The number of rotatable bonds is 5. The number of aliphatic hydroxyl groups is 1. The second-order valence-corrected chi connectivity index (χ2v) is 6.24. The molecule has 0 fully saturated rings. The largest absolute Gasteiger partial charge is 0.378 e. The first-order valence-corrected chi connectivity index (χ1v) is 7.98. The molecular weight excluding hydrogens is 331 g/mol. The number of hydrogen-bond donors (Lipinski definition) is 2. The molecule has 21 heavy (non-hydrogen) atoms. The minimum atomic E-state index is -1.32. The fourth-order valence-electron chi connectivity index (χ4n) is 1.88. The normalized spacial score (nSPS) is 13.7. The molecule has 1 amide bonds. The lowest BCUT2D eigenvalue weighted by atomic mass is 10.1. The van der Waals surface area contributed by atoms with E-state index in [0.29, 0.717) is 22.0 Å². The topological polar surface area (TPSA) is 62.2 Å². The molecule has 2 unspecified atom stereocenters. The third-order valence-electron chi connectivity index (χ3n) is 2.92. The Bertz CT molecular complexity index is 599. The second-order valence-electron chi connectivity index (χ2n) is 4.45. The number of carbonyl (C=O) groups is 1. The summed E-state index contributed by atoms with van der Waals surface area (Å²) in [4.78, 5) is 16.3. The van der Waals surface area contributed by atoms with Gasteiger partial charge in [-0.05, 0) is 30.2 Å². The van der Waals surface area contributed by atoms with Crippen LogP contribution in [0.5, 0.6) is 0 Å². The second kappa shape index (κ2) is 7.22. The molecule has 2 N–H and O–H groups in total. The fourth-order valence-corrected chi connectivity index (χ4v) is 3.20. The summed E-state index contributed by atoms with van der Waals surface area (Å²) in [5, 5.41) is 16.3. The van der Waals surface area contributed by atoms with Gasteiger partial charge in [0.25, 0.3) is 5.91 Å². The number of thiazole rings is 1. The zero-order chi connectivity index (χ0) is 15.4. The molecule has 0 saturated carbocycles. The van der Waals surface area contributed by atoms with E-state index >= 15 is 0 Å². The Labute approximate surface area is 136 Å². The van der Waals surface area contributed by atoms with Gasteiger partial charge in [-0.15, -0.1) is 11.3 Å². The smallest absolute Gasteiger partial charge is 0.254 e. The maximum Gasteiger partial charge on any atom is 0.254 e. The van der Waals surface area contributed by atoms with Crippen LogP contribution < -0.4 is 5.32 Å². The molecule has 2 rings (SSSR count). The molecule has 0 radical (unpaired) electrons. The lowest BCUT2D eigenvalue weighted by Crippen LogP contribution is -2.32. The molecule has 0 aliphatic carbocycles. The lowest BCUT2D eigenvalue weighted by molar-refractivity contribution is -0.130. The molecule has 1 aromatic carbocycles.